The lowest BCUT2D eigenvalue weighted by atomic mass is 10.1. The number of aromatic nitrogens is 1. The fourth-order valence-corrected chi connectivity index (χ4v) is 3.45. The van der Waals surface area contributed by atoms with Gasteiger partial charge in [0.25, 0.3) is 5.56 Å². The molecule has 0 saturated carbocycles. The number of fused-ring (bicyclic) bond motifs is 1. The topological polar surface area (TPSA) is 77.8 Å². The maximum atomic E-state index is 13.3. The van der Waals surface area contributed by atoms with E-state index in [1.165, 1.54) is 4.57 Å². The molecule has 1 aromatic heterocycles. The highest BCUT2D eigenvalue weighted by atomic mass is 35.5. The fourth-order valence-electron chi connectivity index (χ4n) is 3.18. The van der Waals surface area contributed by atoms with Crippen molar-refractivity contribution >= 4 is 34.6 Å². The molecular weight excluding hydrogens is 432 g/mol. The van der Waals surface area contributed by atoms with Crippen LogP contribution in [0.3, 0.4) is 0 Å². The van der Waals surface area contributed by atoms with Crippen molar-refractivity contribution in [3.8, 4) is 0 Å². The van der Waals surface area contributed by atoms with Gasteiger partial charge in [-0.2, -0.15) is 0 Å². The average Bonchev–Trinajstić information content (AvgIpc) is 2.60. The van der Waals surface area contributed by atoms with Crippen LogP contribution in [0.4, 0.5) is 9.59 Å². The van der Waals surface area contributed by atoms with Gasteiger partial charge in [-0.15, -0.1) is 6.58 Å². The third-order valence-electron chi connectivity index (χ3n) is 4.43. The quantitative estimate of drug-likeness (QED) is 0.515. The number of benzene rings is 1. The van der Waals surface area contributed by atoms with Gasteiger partial charge in [0.05, 0.1) is 16.5 Å². The number of pyridine rings is 1. The highest BCUT2D eigenvalue weighted by Gasteiger charge is 2.36. The minimum Gasteiger partial charge on any atom is -0.443 e. The number of amides is 2. The van der Waals surface area contributed by atoms with Crippen LogP contribution in [0.15, 0.2) is 41.7 Å². The van der Waals surface area contributed by atoms with Crippen molar-refractivity contribution < 1.29 is 19.1 Å². The number of carbonyl (C=O) groups is 2. The molecule has 8 heteroatoms. The Balaban J connectivity index is 2.71. The zero-order chi connectivity index (χ0) is 24.4. The van der Waals surface area contributed by atoms with Crippen molar-refractivity contribution in [1.29, 1.82) is 0 Å². The van der Waals surface area contributed by atoms with Crippen molar-refractivity contribution in [2.45, 2.75) is 72.3 Å². The number of hydrogen-bond donors (Lipinski definition) is 0. The first-order valence-electron chi connectivity index (χ1n) is 10.3. The second-order valence-electron chi connectivity index (χ2n) is 9.48. The number of allylic oxidation sites excluding steroid dienone is 1. The van der Waals surface area contributed by atoms with Crippen LogP contribution in [0.2, 0.25) is 5.02 Å². The zero-order valence-electron chi connectivity index (χ0n) is 19.7. The molecule has 2 amide bonds. The predicted octanol–water partition coefficient (Wildman–Crippen LogP) is 6.07. The van der Waals surface area contributed by atoms with Crippen LogP contribution in [-0.4, -0.2) is 32.9 Å². The molecule has 0 N–H and O–H groups in total. The normalized spacial score (nSPS) is 12.9. The molecule has 0 aliphatic rings. The molecule has 1 heterocycles. The molecule has 0 aliphatic carbocycles. The van der Waals surface area contributed by atoms with Gasteiger partial charge >= 0.3 is 12.2 Å². The van der Waals surface area contributed by atoms with E-state index in [1.54, 1.807) is 78.8 Å². The summed E-state index contributed by atoms with van der Waals surface area (Å²) in [4.78, 5) is 40.2. The standard InChI is InChI=1S/C24H31ClN2O5/c1-9-13-26-18(14-16-11-10-12-17(25)19(16)20(26)28)15(2)27(21(29)31-23(3,4)5)22(30)32-24(6,7)8/h9-12,14-15H,1,13H2,2-8H3. The SMILES string of the molecule is C=CCn1c(C(C)N(C(=O)OC(C)(C)C)C(=O)OC(C)(C)C)cc2cccc(Cl)c2c1=O. The summed E-state index contributed by atoms with van der Waals surface area (Å²) in [5, 5.41) is 1.27. The van der Waals surface area contributed by atoms with Crippen LogP contribution >= 0.6 is 11.6 Å². The van der Waals surface area contributed by atoms with E-state index in [9.17, 15) is 14.4 Å². The molecule has 0 fully saturated rings. The van der Waals surface area contributed by atoms with Crippen LogP contribution in [0.1, 0.15) is 60.2 Å². The van der Waals surface area contributed by atoms with Gasteiger partial charge in [0.2, 0.25) is 0 Å². The lowest BCUT2D eigenvalue weighted by molar-refractivity contribution is -0.00671. The summed E-state index contributed by atoms with van der Waals surface area (Å²) in [5.74, 6) is 0. The molecule has 2 rings (SSSR count). The number of rotatable bonds is 4. The monoisotopic (exact) mass is 462 g/mol. The summed E-state index contributed by atoms with van der Waals surface area (Å²) in [7, 11) is 0. The lowest BCUT2D eigenvalue weighted by Gasteiger charge is -2.33. The number of ether oxygens (including phenoxy) is 2. The number of halogens is 1. The molecule has 1 aromatic carbocycles. The Labute approximate surface area is 193 Å². The Morgan fingerprint density at radius 2 is 1.66 bits per heavy atom. The van der Waals surface area contributed by atoms with E-state index in [0.717, 1.165) is 4.90 Å². The summed E-state index contributed by atoms with van der Waals surface area (Å²) in [6, 6.07) is 5.98. The summed E-state index contributed by atoms with van der Waals surface area (Å²) < 4.78 is 12.4. The zero-order valence-corrected chi connectivity index (χ0v) is 20.4. The Morgan fingerprint density at radius 1 is 1.12 bits per heavy atom. The van der Waals surface area contributed by atoms with Crippen LogP contribution < -0.4 is 5.56 Å². The smallest absolute Gasteiger partial charge is 0.420 e. The highest BCUT2D eigenvalue weighted by molar-refractivity contribution is 6.35. The van der Waals surface area contributed by atoms with Crippen molar-refractivity contribution in [2.75, 3.05) is 0 Å². The average molecular weight is 463 g/mol. The predicted molar refractivity (Wildman–Crippen MR) is 126 cm³/mol. The van der Waals surface area contributed by atoms with E-state index in [-0.39, 0.29) is 12.1 Å². The lowest BCUT2D eigenvalue weighted by Crippen LogP contribution is -2.45. The summed E-state index contributed by atoms with van der Waals surface area (Å²) >= 11 is 6.28. The number of imide groups is 1. The maximum Gasteiger partial charge on any atom is 0.420 e. The van der Waals surface area contributed by atoms with Gasteiger partial charge in [0, 0.05) is 12.2 Å². The first kappa shape index (κ1) is 25.5. The molecule has 174 valence electrons. The Bertz CT molecular complexity index is 1060. The van der Waals surface area contributed by atoms with Crippen molar-refractivity contribution in [3.05, 3.63) is 58.0 Å². The molecule has 32 heavy (non-hydrogen) atoms. The number of hydrogen-bond acceptors (Lipinski definition) is 5. The summed E-state index contributed by atoms with van der Waals surface area (Å²) in [5.41, 5.74) is -1.60. The van der Waals surface area contributed by atoms with Gasteiger partial charge in [-0.05, 0) is 66.0 Å². The van der Waals surface area contributed by atoms with Gasteiger partial charge in [-0.1, -0.05) is 29.8 Å². The van der Waals surface area contributed by atoms with Gasteiger partial charge in [-0.3, -0.25) is 4.79 Å². The van der Waals surface area contributed by atoms with Crippen molar-refractivity contribution in [3.63, 3.8) is 0 Å². The fraction of sp³-hybridized carbons (Fsp3) is 0.458. The minimum atomic E-state index is -0.879. The van der Waals surface area contributed by atoms with Crippen LogP contribution in [-0.2, 0) is 16.0 Å². The first-order valence-corrected chi connectivity index (χ1v) is 10.7. The van der Waals surface area contributed by atoms with Gasteiger partial charge in [0.15, 0.2) is 0 Å². The number of nitrogens with zero attached hydrogens (tertiary/aromatic N) is 2. The van der Waals surface area contributed by atoms with Gasteiger partial charge < -0.3 is 14.0 Å². The highest BCUT2D eigenvalue weighted by Crippen LogP contribution is 2.28. The molecule has 0 aliphatic heterocycles. The van der Waals surface area contributed by atoms with E-state index in [2.05, 4.69) is 6.58 Å². The van der Waals surface area contributed by atoms with Crippen LogP contribution in [0.5, 0.6) is 0 Å². The van der Waals surface area contributed by atoms with E-state index in [1.807, 2.05) is 0 Å². The number of carbonyl (C=O) groups excluding carboxylic acids is 2. The Hall–Kier alpha value is -2.80. The molecule has 0 spiro atoms. The largest absolute Gasteiger partial charge is 0.443 e. The molecule has 0 saturated heterocycles. The molecule has 0 bridgehead atoms. The van der Waals surface area contributed by atoms with Crippen molar-refractivity contribution in [2.24, 2.45) is 0 Å². The van der Waals surface area contributed by atoms with E-state index >= 15 is 0 Å². The maximum absolute atomic E-state index is 13.3. The Morgan fingerprint density at radius 3 is 2.12 bits per heavy atom. The summed E-state index contributed by atoms with van der Waals surface area (Å²) in [6.45, 7) is 15.7. The summed E-state index contributed by atoms with van der Waals surface area (Å²) in [6.07, 6.45) is -0.183. The Kier molecular flexibility index (Phi) is 7.45. The third kappa shape index (κ3) is 5.91. The third-order valence-corrected chi connectivity index (χ3v) is 4.74. The van der Waals surface area contributed by atoms with Gasteiger partial charge in [0.1, 0.15) is 11.2 Å². The minimum absolute atomic E-state index is 0.163. The van der Waals surface area contributed by atoms with E-state index in [0.29, 0.717) is 21.5 Å². The second kappa shape index (κ2) is 9.36. The first-order chi connectivity index (χ1) is 14.7. The van der Waals surface area contributed by atoms with Crippen LogP contribution in [0, 0.1) is 0 Å². The van der Waals surface area contributed by atoms with E-state index < -0.39 is 29.4 Å². The molecule has 2 aromatic rings. The van der Waals surface area contributed by atoms with Gasteiger partial charge in [-0.25, -0.2) is 14.5 Å². The molecule has 7 nitrogen and oxygen atoms in total. The molecular formula is C24H31ClN2O5. The van der Waals surface area contributed by atoms with Crippen molar-refractivity contribution in [1.82, 2.24) is 9.47 Å². The molecule has 1 atom stereocenters. The van der Waals surface area contributed by atoms with Crippen LogP contribution in [0.25, 0.3) is 10.8 Å². The molecule has 1 unspecified atom stereocenters. The molecule has 0 radical (unpaired) electrons. The van der Waals surface area contributed by atoms with E-state index in [4.69, 9.17) is 21.1 Å². The second-order valence-corrected chi connectivity index (χ2v) is 9.89.